The molecule has 2 aromatic rings. The smallest absolute Gasteiger partial charge is 0.266 e. The molecule has 112 valence electrons. The number of hydrogen-bond donors (Lipinski definition) is 0. The maximum Gasteiger partial charge on any atom is 0.296 e. The second kappa shape index (κ2) is 6.87. The Morgan fingerprint density at radius 3 is 2.24 bits per heavy atom. The lowest BCUT2D eigenvalue weighted by Gasteiger charge is -2.12. The molecule has 0 aromatic heterocycles. The summed E-state index contributed by atoms with van der Waals surface area (Å²) in [5.41, 5.74) is 2.20. The first-order valence-corrected chi connectivity index (χ1v) is 8.38. The van der Waals surface area contributed by atoms with E-state index in [1.807, 2.05) is 44.2 Å². The van der Waals surface area contributed by atoms with Gasteiger partial charge in [0, 0.05) is 0 Å². The summed E-state index contributed by atoms with van der Waals surface area (Å²) in [6, 6.07) is 16.7. The molecule has 21 heavy (non-hydrogen) atoms. The molecular formula is C17H20O3S. The largest absolute Gasteiger partial charge is 0.296 e. The van der Waals surface area contributed by atoms with E-state index in [1.165, 1.54) is 5.56 Å². The van der Waals surface area contributed by atoms with Crippen LogP contribution in [0, 0.1) is 12.8 Å². The highest BCUT2D eigenvalue weighted by Crippen LogP contribution is 2.16. The van der Waals surface area contributed by atoms with Gasteiger partial charge in [-0.1, -0.05) is 55.0 Å². The molecule has 3 nitrogen and oxygen atoms in total. The molecule has 0 saturated heterocycles. The molecule has 0 heterocycles. The predicted octanol–water partition coefficient (Wildman–Crippen LogP) is 3.58. The van der Waals surface area contributed by atoms with Crippen LogP contribution in [0.15, 0.2) is 59.5 Å². The number of rotatable bonds is 6. The summed E-state index contributed by atoms with van der Waals surface area (Å²) in [7, 11) is -3.66. The second-order valence-electron chi connectivity index (χ2n) is 5.35. The lowest BCUT2D eigenvalue weighted by molar-refractivity contribution is 0.264. The van der Waals surface area contributed by atoms with Crippen LogP contribution in [0.1, 0.15) is 18.1 Å². The van der Waals surface area contributed by atoms with Crippen molar-refractivity contribution >= 4 is 10.1 Å². The Balaban J connectivity index is 1.94. The average molecular weight is 304 g/mol. The van der Waals surface area contributed by atoms with Crippen LogP contribution in [0.5, 0.6) is 0 Å². The number of hydrogen-bond acceptors (Lipinski definition) is 3. The molecular weight excluding hydrogens is 284 g/mol. The van der Waals surface area contributed by atoms with Gasteiger partial charge in [0.1, 0.15) is 0 Å². The van der Waals surface area contributed by atoms with Gasteiger partial charge in [0.05, 0.1) is 11.5 Å². The van der Waals surface area contributed by atoms with Crippen LogP contribution >= 0.6 is 0 Å². The first-order valence-electron chi connectivity index (χ1n) is 6.97. The molecule has 0 amide bonds. The van der Waals surface area contributed by atoms with E-state index in [0.717, 1.165) is 12.0 Å². The fraction of sp³-hybridized carbons (Fsp3) is 0.294. The summed E-state index contributed by atoms with van der Waals surface area (Å²) >= 11 is 0. The van der Waals surface area contributed by atoms with Gasteiger partial charge in [0.25, 0.3) is 10.1 Å². The summed E-state index contributed by atoms with van der Waals surface area (Å²) in [5, 5.41) is 0. The molecule has 1 atom stereocenters. The van der Waals surface area contributed by atoms with Crippen LogP contribution in [-0.2, 0) is 20.7 Å². The normalized spacial score (nSPS) is 13.0. The molecule has 4 heteroatoms. The summed E-state index contributed by atoms with van der Waals surface area (Å²) in [5.74, 6) is 0.132. The zero-order chi connectivity index (χ0) is 15.3. The van der Waals surface area contributed by atoms with Gasteiger partial charge < -0.3 is 0 Å². The molecule has 0 spiro atoms. The number of aryl methyl sites for hydroxylation is 1. The van der Waals surface area contributed by atoms with Crippen molar-refractivity contribution in [2.45, 2.75) is 25.2 Å². The van der Waals surface area contributed by atoms with E-state index < -0.39 is 10.1 Å². The maximum absolute atomic E-state index is 12.1. The van der Waals surface area contributed by atoms with Gasteiger partial charge in [0.2, 0.25) is 0 Å². The Bertz CT molecular complexity index is 661. The van der Waals surface area contributed by atoms with Gasteiger partial charge in [-0.25, -0.2) is 0 Å². The average Bonchev–Trinajstić information content (AvgIpc) is 2.47. The summed E-state index contributed by atoms with van der Waals surface area (Å²) in [6.07, 6.45) is 0.796. The first-order chi connectivity index (χ1) is 9.97. The van der Waals surface area contributed by atoms with Crippen LogP contribution in [0.3, 0.4) is 0 Å². The summed E-state index contributed by atoms with van der Waals surface area (Å²) in [6.45, 7) is 4.09. The van der Waals surface area contributed by atoms with Crippen molar-refractivity contribution in [3.8, 4) is 0 Å². The minimum Gasteiger partial charge on any atom is -0.266 e. The van der Waals surface area contributed by atoms with Crippen LogP contribution in [-0.4, -0.2) is 15.0 Å². The number of benzene rings is 2. The van der Waals surface area contributed by atoms with E-state index in [0.29, 0.717) is 0 Å². The van der Waals surface area contributed by atoms with Crippen LogP contribution in [0.25, 0.3) is 0 Å². The van der Waals surface area contributed by atoms with Gasteiger partial charge in [-0.05, 0) is 37.0 Å². The Morgan fingerprint density at radius 2 is 1.62 bits per heavy atom. The Kier molecular flexibility index (Phi) is 5.15. The molecule has 0 saturated carbocycles. The summed E-state index contributed by atoms with van der Waals surface area (Å²) < 4.78 is 29.3. The van der Waals surface area contributed by atoms with Crippen molar-refractivity contribution in [3.63, 3.8) is 0 Å². The van der Waals surface area contributed by atoms with Crippen molar-refractivity contribution in [2.24, 2.45) is 5.92 Å². The molecule has 2 rings (SSSR count). The van der Waals surface area contributed by atoms with Crippen molar-refractivity contribution in [2.75, 3.05) is 6.61 Å². The van der Waals surface area contributed by atoms with E-state index >= 15 is 0 Å². The Morgan fingerprint density at radius 1 is 1.00 bits per heavy atom. The van der Waals surface area contributed by atoms with Gasteiger partial charge in [0.15, 0.2) is 0 Å². The highest BCUT2D eigenvalue weighted by molar-refractivity contribution is 7.86. The molecule has 0 fully saturated rings. The standard InChI is InChI=1S/C17H20O3S/c1-14-8-10-17(11-9-14)21(18,19)20-13-15(2)12-16-6-4-3-5-7-16/h3-11,15H,12-13H2,1-2H3/t15-/m1/s1. The summed E-state index contributed by atoms with van der Waals surface area (Å²) in [4.78, 5) is 0.208. The molecule has 0 radical (unpaired) electrons. The lowest BCUT2D eigenvalue weighted by Crippen LogP contribution is -2.14. The molecule has 0 bridgehead atoms. The van der Waals surface area contributed by atoms with Gasteiger partial charge in [-0.15, -0.1) is 0 Å². The SMILES string of the molecule is Cc1ccc(S(=O)(=O)OC[C@H](C)Cc2ccccc2)cc1. The van der Waals surface area contributed by atoms with Gasteiger partial charge in [-0.3, -0.25) is 4.18 Å². The highest BCUT2D eigenvalue weighted by Gasteiger charge is 2.16. The fourth-order valence-corrected chi connectivity index (χ4v) is 3.07. The van der Waals surface area contributed by atoms with E-state index in [2.05, 4.69) is 0 Å². The zero-order valence-corrected chi connectivity index (χ0v) is 13.1. The minimum atomic E-state index is -3.66. The molecule has 0 aliphatic heterocycles. The van der Waals surface area contributed by atoms with Crippen LogP contribution < -0.4 is 0 Å². The quantitative estimate of drug-likeness (QED) is 0.766. The van der Waals surface area contributed by atoms with E-state index in [4.69, 9.17) is 4.18 Å². The highest BCUT2D eigenvalue weighted by atomic mass is 32.2. The molecule has 0 N–H and O–H groups in total. The Hall–Kier alpha value is -1.65. The van der Waals surface area contributed by atoms with Crippen molar-refractivity contribution < 1.29 is 12.6 Å². The first kappa shape index (κ1) is 15.7. The van der Waals surface area contributed by atoms with E-state index in [9.17, 15) is 8.42 Å². The topological polar surface area (TPSA) is 43.4 Å². The molecule has 0 aliphatic carbocycles. The van der Waals surface area contributed by atoms with Crippen LogP contribution in [0.4, 0.5) is 0 Å². The third kappa shape index (κ3) is 4.69. The van der Waals surface area contributed by atoms with E-state index in [1.54, 1.807) is 24.3 Å². The lowest BCUT2D eigenvalue weighted by atomic mass is 10.0. The fourth-order valence-electron chi connectivity index (χ4n) is 2.05. The molecule has 2 aromatic carbocycles. The van der Waals surface area contributed by atoms with Crippen molar-refractivity contribution in [1.29, 1.82) is 0 Å². The van der Waals surface area contributed by atoms with Crippen molar-refractivity contribution in [3.05, 3.63) is 65.7 Å². The predicted molar refractivity (Wildman–Crippen MR) is 83.6 cm³/mol. The second-order valence-corrected chi connectivity index (χ2v) is 6.96. The Labute approximate surface area is 126 Å². The monoisotopic (exact) mass is 304 g/mol. The third-order valence-corrected chi connectivity index (χ3v) is 4.54. The van der Waals surface area contributed by atoms with Gasteiger partial charge >= 0.3 is 0 Å². The zero-order valence-electron chi connectivity index (χ0n) is 12.3. The minimum absolute atomic E-state index is 0.132. The maximum atomic E-state index is 12.1. The van der Waals surface area contributed by atoms with Gasteiger partial charge in [-0.2, -0.15) is 8.42 Å². The van der Waals surface area contributed by atoms with Crippen LogP contribution in [0.2, 0.25) is 0 Å². The van der Waals surface area contributed by atoms with E-state index in [-0.39, 0.29) is 17.4 Å². The molecule has 0 aliphatic rings. The third-order valence-electron chi connectivity index (χ3n) is 3.24. The molecule has 0 unspecified atom stereocenters. The van der Waals surface area contributed by atoms with Crippen molar-refractivity contribution in [1.82, 2.24) is 0 Å².